The van der Waals surface area contributed by atoms with Crippen LogP contribution in [0.5, 0.6) is 0 Å². The van der Waals surface area contributed by atoms with Crippen LogP contribution < -0.4 is 10.6 Å². The molecule has 0 spiro atoms. The van der Waals surface area contributed by atoms with Crippen LogP contribution in [-0.4, -0.2) is 16.0 Å². The predicted molar refractivity (Wildman–Crippen MR) is 102 cm³/mol. The normalized spacial score (nSPS) is 11.6. The summed E-state index contributed by atoms with van der Waals surface area (Å²) in [6.45, 7) is 4.35. The number of aromatic nitrogens is 2. The third-order valence-corrected chi connectivity index (χ3v) is 4.29. The van der Waals surface area contributed by atoms with Crippen LogP contribution in [0.1, 0.15) is 29.8 Å². The molecule has 1 aromatic carbocycles. The molecule has 2 heterocycles. The number of urea groups is 1. The lowest BCUT2D eigenvalue weighted by Gasteiger charge is -2.16. The number of benzene rings is 1. The molecule has 132 valence electrons. The Labute approximate surface area is 153 Å². The fourth-order valence-corrected chi connectivity index (χ4v) is 2.70. The van der Waals surface area contributed by atoms with Crippen molar-refractivity contribution in [2.45, 2.75) is 26.4 Å². The number of hydrogen-bond donors (Lipinski definition) is 2. The van der Waals surface area contributed by atoms with E-state index < -0.39 is 0 Å². The lowest BCUT2D eigenvalue weighted by molar-refractivity contribution is 0.237. The van der Waals surface area contributed by atoms with Gasteiger partial charge in [-0.3, -0.25) is 9.97 Å². The lowest BCUT2D eigenvalue weighted by atomic mass is 10.0. The molecule has 1 atom stereocenters. The summed E-state index contributed by atoms with van der Waals surface area (Å²) in [5.41, 5.74) is 5.15. The average Bonchev–Trinajstić information content (AvgIpc) is 2.68. The summed E-state index contributed by atoms with van der Waals surface area (Å²) >= 11 is 0. The number of carbonyl (C=O) groups is 1. The van der Waals surface area contributed by atoms with Crippen molar-refractivity contribution in [3.05, 3.63) is 83.9 Å². The van der Waals surface area contributed by atoms with Gasteiger partial charge in [-0.2, -0.15) is 0 Å². The Morgan fingerprint density at radius 3 is 2.50 bits per heavy atom. The van der Waals surface area contributed by atoms with Crippen molar-refractivity contribution in [3.63, 3.8) is 0 Å². The highest BCUT2D eigenvalue weighted by atomic mass is 16.2. The van der Waals surface area contributed by atoms with Crippen LogP contribution in [0.15, 0.2) is 67.1 Å². The predicted octanol–water partition coefficient (Wildman–Crippen LogP) is 4.01. The largest absolute Gasteiger partial charge is 0.332 e. The second-order valence-corrected chi connectivity index (χ2v) is 6.18. The molecule has 3 aromatic rings. The quantitative estimate of drug-likeness (QED) is 0.733. The van der Waals surface area contributed by atoms with E-state index in [1.54, 1.807) is 12.4 Å². The highest BCUT2D eigenvalue weighted by molar-refractivity contribution is 5.74. The van der Waals surface area contributed by atoms with Gasteiger partial charge in [0.05, 0.1) is 18.3 Å². The van der Waals surface area contributed by atoms with Crippen LogP contribution in [0.2, 0.25) is 0 Å². The summed E-state index contributed by atoms with van der Waals surface area (Å²) in [6.07, 6.45) is 5.33. The van der Waals surface area contributed by atoms with Crippen LogP contribution in [0.25, 0.3) is 11.1 Å². The maximum absolute atomic E-state index is 12.1. The highest BCUT2D eigenvalue weighted by Gasteiger charge is 2.10. The van der Waals surface area contributed by atoms with Gasteiger partial charge in [0.2, 0.25) is 0 Å². The van der Waals surface area contributed by atoms with E-state index in [0.29, 0.717) is 6.54 Å². The Hall–Kier alpha value is -3.21. The summed E-state index contributed by atoms with van der Waals surface area (Å²) in [4.78, 5) is 20.6. The van der Waals surface area contributed by atoms with E-state index in [2.05, 4.69) is 20.6 Å². The minimum absolute atomic E-state index is 0.0947. The summed E-state index contributed by atoms with van der Waals surface area (Å²) in [5, 5.41) is 5.81. The minimum Gasteiger partial charge on any atom is -0.332 e. The summed E-state index contributed by atoms with van der Waals surface area (Å²) < 4.78 is 0. The number of nitrogens with one attached hydrogen (secondary N) is 2. The third kappa shape index (κ3) is 4.45. The molecule has 0 saturated carbocycles. The van der Waals surface area contributed by atoms with Gasteiger partial charge in [0, 0.05) is 18.6 Å². The molecular formula is C21H22N4O. The van der Waals surface area contributed by atoms with Gasteiger partial charge in [0.15, 0.2) is 0 Å². The van der Waals surface area contributed by atoms with E-state index in [1.165, 1.54) is 0 Å². The molecule has 0 fully saturated rings. The second kappa shape index (κ2) is 8.25. The number of pyridine rings is 2. The molecule has 2 N–H and O–H groups in total. The standard InChI is InChI=1S/C21H22N4O/c1-15-5-3-12-23-20(15)14-24-21(26)25-16(2)17-7-9-18(10-8-17)19-6-4-11-22-13-19/h3-13,16H,14H2,1-2H3,(H2,24,25,26)/t16-/m1/s1. The molecule has 2 aromatic heterocycles. The SMILES string of the molecule is Cc1cccnc1CNC(=O)N[C@H](C)c1ccc(-c2cccnc2)cc1. The van der Waals surface area contributed by atoms with Gasteiger partial charge >= 0.3 is 6.03 Å². The summed E-state index contributed by atoms with van der Waals surface area (Å²) in [5.74, 6) is 0. The summed E-state index contributed by atoms with van der Waals surface area (Å²) in [7, 11) is 0. The smallest absolute Gasteiger partial charge is 0.315 e. The van der Waals surface area contributed by atoms with Crippen LogP contribution in [0.3, 0.4) is 0 Å². The zero-order chi connectivity index (χ0) is 18.4. The minimum atomic E-state index is -0.209. The molecule has 0 radical (unpaired) electrons. The van der Waals surface area contributed by atoms with Crippen molar-refractivity contribution in [3.8, 4) is 11.1 Å². The molecule has 0 aliphatic heterocycles. The molecule has 2 amide bonds. The van der Waals surface area contributed by atoms with Crippen LogP contribution in [-0.2, 0) is 6.54 Å². The van der Waals surface area contributed by atoms with Crippen LogP contribution in [0, 0.1) is 6.92 Å². The van der Waals surface area contributed by atoms with E-state index in [-0.39, 0.29) is 12.1 Å². The van der Waals surface area contributed by atoms with Crippen molar-refractivity contribution < 1.29 is 4.79 Å². The van der Waals surface area contributed by atoms with E-state index in [1.807, 2.05) is 68.6 Å². The summed E-state index contributed by atoms with van der Waals surface area (Å²) in [6, 6.07) is 15.6. The Morgan fingerprint density at radius 2 is 1.81 bits per heavy atom. The number of aryl methyl sites for hydroxylation is 1. The molecule has 0 aliphatic rings. The lowest BCUT2D eigenvalue weighted by Crippen LogP contribution is -2.36. The number of amides is 2. The molecule has 0 unspecified atom stereocenters. The van der Waals surface area contributed by atoms with Gasteiger partial charge in [-0.1, -0.05) is 36.4 Å². The number of carbonyl (C=O) groups excluding carboxylic acids is 1. The zero-order valence-corrected chi connectivity index (χ0v) is 14.9. The van der Waals surface area contributed by atoms with Gasteiger partial charge in [-0.15, -0.1) is 0 Å². The Bertz CT molecular complexity index is 863. The molecule has 0 aliphatic carbocycles. The first-order valence-corrected chi connectivity index (χ1v) is 8.58. The molecule has 26 heavy (non-hydrogen) atoms. The van der Waals surface area contributed by atoms with Crippen LogP contribution in [0.4, 0.5) is 4.79 Å². The molecule has 0 bridgehead atoms. The fourth-order valence-electron chi connectivity index (χ4n) is 2.70. The molecule has 5 nitrogen and oxygen atoms in total. The van der Waals surface area contributed by atoms with Gasteiger partial charge in [-0.05, 0) is 48.2 Å². The first kappa shape index (κ1) is 17.6. The second-order valence-electron chi connectivity index (χ2n) is 6.18. The Kier molecular flexibility index (Phi) is 5.59. The monoisotopic (exact) mass is 346 g/mol. The third-order valence-electron chi connectivity index (χ3n) is 4.29. The molecular weight excluding hydrogens is 324 g/mol. The van der Waals surface area contributed by atoms with Gasteiger partial charge in [0.25, 0.3) is 0 Å². The topological polar surface area (TPSA) is 66.9 Å². The first-order chi connectivity index (χ1) is 12.6. The number of hydrogen-bond acceptors (Lipinski definition) is 3. The number of rotatable bonds is 5. The highest BCUT2D eigenvalue weighted by Crippen LogP contribution is 2.21. The van der Waals surface area contributed by atoms with Crippen molar-refractivity contribution in [2.24, 2.45) is 0 Å². The van der Waals surface area contributed by atoms with Crippen LogP contribution >= 0.6 is 0 Å². The van der Waals surface area contributed by atoms with E-state index in [4.69, 9.17) is 0 Å². The molecule has 5 heteroatoms. The number of nitrogens with zero attached hydrogens (tertiary/aromatic N) is 2. The molecule has 3 rings (SSSR count). The maximum Gasteiger partial charge on any atom is 0.315 e. The Balaban J connectivity index is 1.56. The molecule has 0 saturated heterocycles. The Morgan fingerprint density at radius 1 is 1.04 bits per heavy atom. The van der Waals surface area contributed by atoms with E-state index in [9.17, 15) is 4.79 Å². The van der Waals surface area contributed by atoms with Gasteiger partial charge < -0.3 is 10.6 Å². The first-order valence-electron chi connectivity index (χ1n) is 8.58. The van der Waals surface area contributed by atoms with Crippen molar-refractivity contribution in [1.82, 2.24) is 20.6 Å². The van der Waals surface area contributed by atoms with E-state index >= 15 is 0 Å². The van der Waals surface area contributed by atoms with E-state index in [0.717, 1.165) is 27.9 Å². The van der Waals surface area contributed by atoms with Crippen molar-refractivity contribution in [2.75, 3.05) is 0 Å². The zero-order valence-electron chi connectivity index (χ0n) is 14.9. The van der Waals surface area contributed by atoms with Gasteiger partial charge in [-0.25, -0.2) is 4.79 Å². The van der Waals surface area contributed by atoms with Crippen molar-refractivity contribution >= 4 is 6.03 Å². The van der Waals surface area contributed by atoms with Gasteiger partial charge in [0.1, 0.15) is 0 Å². The van der Waals surface area contributed by atoms with Crippen molar-refractivity contribution in [1.29, 1.82) is 0 Å². The maximum atomic E-state index is 12.1. The average molecular weight is 346 g/mol. The fraction of sp³-hybridized carbons (Fsp3) is 0.190.